The molecule has 8 bridgehead atoms. The quantitative estimate of drug-likeness (QED) is 0.196. The van der Waals surface area contributed by atoms with Gasteiger partial charge in [0, 0.05) is 27.7 Å². The van der Waals surface area contributed by atoms with Crippen LogP contribution in [0.3, 0.4) is 0 Å². The fraction of sp³-hybridized carbons (Fsp3) is 0.0588. The molecule has 0 amide bonds. The number of halogens is 2. The number of nitrogens with one attached hydrogen (secondary N) is 2. The number of benzene rings is 2. The van der Waals surface area contributed by atoms with Gasteiger partial charge in [0.05, 0.1) is 37.2 Å². The van der Waals surface area contributed by atoms with Crippen LogP contribution in [-0.2, 0) is 0 Å². The second kappa shape index (κ2) is 9.88. The summed E-state index contributed by atoms with van der Waals surface area (Å²) < 4.78 is 1.76. The third-order valence-electron chi connectivity index (χ3n) is 7.31. The number of rotatable bonds is 2. The van der Waals surface area contributed by atoms with E-state index >= 15 is 0 Å². The minimum Gasteiger partial charge on any atom is -0.354 e. The molecule has 3 aromatic heterocycles. The molecule has 2 aliphatic heterocycles. The summed E-state index contributed by atoms with van der Waals surface area (Å²) in [5.74, 6) is 0. The van der Waals surface area contributed by atoms with Crippen molar-refractivity contribution in [1.82, 2.24) is 19.9 Å². The van der Waals surface area contributed by atoms with Crippen LogP contribution in [0.4, 0.5) is 0 Å². The van der Waals surface area contributed by atoms with E-state index in [0.29, 0.717) is 0 Å². The summed E-state index contributed by atoms with van der Waals surface area (Å²) in [4.78, 5) is 17.4. The first-order valence-corrected chi connectivity index (χ1v) is 14.6. The molecule has 5 heterocycles. The Bertz CT molecular complexity index is 2030. The van der Waals surface area contributed by atoms with Crippen LogP contribution in [0.1, 0.15) is 33.9 Å². The van der Waals surface area contributed by atoms with E-state index in [4.69, 9.17) is 9.97 Å². The molecular weight excluding hydrogens is 624 g/mol. The van der Waals surface area contributed by atoms with Gasteiger partial charge < -0.3 is 9.97 Å². The number of hydrogen-bond acceptors (Lipinski definition) is 2. The third-order valence-corrected chi connectivity index (χ3v) is 8.95. The number of aromatic nitrogens is 4. The summed E-state index contributed by atoms with van der Waals surface area (Å²) in [5, 5.41) is 0. The Morgan fingerprint density at radius 2 is 0.850 bits per heavy atom. The van der Waals surface area contributed by atoms with Crippen LogP contribution >= 0.6 is 31.9 Å². The summed E-state index contributed by atoms with van der Waals surface area (Å²) in [6.07, 6.45) is 8.16. The van der Waals surface area contributed by atoms with Crippen molar-refractivity contribution < 1.29 is 0 Å². The summed E-state index contributed by atoms with van der Waals surface area (Å²) in [6.45, 7) is 4.22. The maximum Gasteiger partial charge on any atom is 0.0802 e. The zero-order valence-electron chi connectivity index (χ0n) is 21.9. The van der Waals surface area contributed by atoms with Crippen LogP contribution in [0.15, 0.2) is 81.7 Å². The molecule has 0 saturated heterocycles. The second-order valence-electron chi connectivity index (χ2n) is 10.1. The van der Waals surface area contributed by atoms with E-state index in [2.05, 4.69) is 135 Å². The molecule has 2 N–H and O–H groups in total. The Morgan fingerprint density at radius 1 is 0.450 bits per heavy atom. The highest BCUT2D eigenvalue weighted by Gasteiger charge is 2.16. The van der Waals surface area contributed by atoms with E-state index in [1.807, 2.05) is 18.2 Å². The average molecular weight is 648 g/mol. The number of aryl methyl sites for hydroxylation is 2. The topological polar surface area (TPSA) is 57.4 Å². The minimum atomic E-state index is 0.835. The molecule has 2 aliphatic rings. The van der Waals surface area contributed by atoms with Crippen LogP contribution in [0.25, 0.3) is 68.6 Å². The highest BCUT2D eigenvalue weighted by atomic mass is 79.9. The monoisotopic (exact) mass is 646 g/mol. The molecular formula is C34H24Br2N4. The molecule has 4 nitrogen and oxygen atoms in total. The van der Waals surface area contributed by atoms with Crippen LogP contribution in [0.2, 0.25) is 0 Å². The van der Waals surface area contributed by atoms with E-state index in [9.17, 15) is 0 Å². The van der Waals surface area contributed by atoms with E-state index in [-0.39, 0.29) is 0 Å². The maximum atomic E-state index is 5.07. The number of nitrogens with zero attached hydrogens (tertiary/aromatic N) is 2. The SMILES string of the molecule is Cc1ccc(-c2c3nc(c(Br)c4nc(c(Br)c5ccc([nH]5)c(-c5ccc(C)cc5)c5ccc2[nH]5)C=C4)C=C3)cc1. The molecule has 194 valence electrons. The molecule has 0 saturated carbocycles. The first kappa shape index (κ1) is 25.0. The van der Waals surface area contributed by atoms with Gasteiger partial charge in [0.15, 0.2) is 0 Å². The van der Waals surface area contributed by atoms with Crippen molar-refractivity contribution in [1.29, 1.82) is 0 Å². The van der Waals surface area contributed by atoms with Crippen molar-refractivity contribution in [2.24, 2.45) is 0 Å². The van der Waals surface area contributed by atoms with Gasteiger partial charge in [-0.2, -0.15) is 0 Å². The lowest BCUT2D eigenvalue weighted by molar-refractivity contribution is 1.25. The molecule has 5 aromatic rings. The van der Waals surface area contributed by atoms with Gasteiger partial charge >= 0.3 is 0 Å². The Balaban J connectivity index is 1.66. The number of fused-ring (bicyclic) bond motifs is 8. The van der Waals surface area contributed by atoms with Crippen molar-refractivity contribution in [2.75, 3.05) is 0 Å². The Labute approximate surface area is 248 Å². The van der Waals surface area contributed by atoms with Crippen molar-refractivity contribution in [2.45, 2.75) is 13.8 Å². The predicted octanol–water partition coefficient (Wildman–Crippen LogP) is 10.1. The van der Waals surface area contributed by atoms with Crippen LogP contribution in [-0.4, -0.2) is 19.9 Å². The highest BCUT2D eigenvalue weighted by molar-refractivity contribution is 9.11. The largest absolute Gasteiger partial charge is 0.354 e. The third kappa shape index (κ3) is 4.37. The maximum absolute atomic E-state index is 5.07. The molecule has 0 unspecified atom stereocenters. The highest BCUT2D eigenvalue weighted by Crippen LogP contribution is 2.36. The Kier molecular flexibility index (Phi) is 6.17. The Morgan fingerprint density at radius 3 is 1.43 bits per heavy atom. The van der Waals surface area contributed by atoms with E-state index in [1.165, 1.54) is 11.1 Å². The predicted molar refractivity (Wildman–Crippen MR) is 175 cm³/mol. The van der Waals surface area contributed by atoms with Crippen molar-refractivity contribution in [3.63, 3.8) is 0 Å². The van der Waals surface area contributed by atoms with Crippen molar-refractivity contribution in [3.8, 4) is 22.3 Å². The number of H-pyrrole nitrogens is 2. The Hall–Kier alpha value is -4.00. The van der Waals surface area contributed by atoms with E-state index in [0.717, 1.165) is 76.0 Å². The van der Waals surface area contributed by atoms with Gasteiger partial charge in [-0.1, -0.05) is 59.7 Å². The van der Waals surface area contributed by atoms with Gasteiger partial charge in [0.1, 0.15) is 0 Å². The smallest absolute Gasteiger partial charge is 0.0802 e. The molecule has 0 atom stereocenters. The van der Waals surface area contributed by atoms with Gasteiger partial charge in [-0.3, -0.25) is 0 Å². The molecule has 0 radical (unpaired) electrons. The fourth-order valence-corrected chi connectivity index (χ4v) is 6.09. The van der Waals surface area contributed by atoms with Gasteiger partial charge in [-0.15, -0.1) is 0 Å². The first-order chi connectivity index (χ1) is 19.4. The van der Waals surface area contributed by atoms with Crippen molar-refractivity contribution >= 4 is 78.2 Å². The summed E-state index contributed by atoms with van der Waals surface area (Å²) in [7, 11) is 0. The summed E-state index contributed by atoms with van der Waals surface area (Å²) in [6, 6.07) is 25.8. The van der Waals surface area contributed by atoms with E-state index in [1.54, 1.807) is 0 Å². The average Bonchev–Trinajstić information content (AvgIpc) is 3.78. The van der Waals surface area contributed by atoms with Crippen LogP contribution < -0.4 is 0 Å². The lowest BCUT2D eigenvalue weighted by Crippen LogP contribution is -1.87. The lowest BCUT2D eigenvalue weighted by atomic mass is 10.0. The number of hydrogen-bond donors (Lipinski definition) is 2. The zero-order valence-corrected chi connectivity index (χ0v) is 25.1. The molecule has 0 aliphatic carbocycles. The molecule has 0 spiro atoms. The zero-order chi connectivity index (χ0) is 27.4. The summed E-state index contributed by atoms with van der Waals surface area (Å²) in [5.41, 5.74) is 14.2. The van der Waals surface area contributed by atoms with Crippen LogP contribution in [0.5, 0.6) is 0 Å². The fourth-order valence-electron chi connectivity index (χ4n) is 5.19. The standard InChI is InChI=1S/C34H24Br2N4/c1-19-3-7-21(8-4-19)31-23-11-12-24(37-23)32(22-9-5-20(2)6-10-22)26-14-16-28(39-26)34(36)30-18-17-29(40-30)33(35)27-15-13-25(31)38-27/h3-18,37-38H,1-2H3. The molecule has 7 rings (SSSR count). The normalized spacial score (nSPS) is 12.3. The molecule has 6 heteroatoms. The second-order valence-corrected chi connectivity index (χ2v) is 11.7. The van der Waals surface area contributed by atoms with Crippen LogP contribution in [0, 0.1) is 13.8 Å². The molecule has 40 heavy (non-hydrogen) atoms. The van der Waals surface area contributed by atoms with Gasteiger partial charge in [0.25, 0.3) is 0 Å². The number of aromatic amines is 2. The lowest BCUT2D eigenvalue weighted by Gasteiger charge is -2.06. The molecule has 2 aromatic carbocycles. The first-order valence-electron chi connectivity index (χ1n) is 13.1. The minimum absolute atomic E-state index is 0.835. The van der Waals surface area contributed by atoms with Gasteiger partial charge in [0.2, 0.25) is 0 Å². The van der Waals surface area contributed by atoms with E-state index < -0.39 is 0 Å². The van der Waals surface area contributed by atoms with Gasteiger partial charge in [-0.25, -0.2) is 9.97 Å². The summed E-state index contributed by atoms with van der Waals surface area (Å²) >= 11 is 7.58. The molecule has 0 fully saturated rings. The van der Waals surface area contributed by atoms with Gasteiger partial charge in [-0.05, 0) is 105 Å². The van der Waals surface area contributed by atoms with Crippen molar-refractivity contribution in [3.05, 3.63) is 116 Å².